The molecule has 0 atom stereocenters. The fourth-order valence-corrected chi connectivity index (χ4v) is 4.57. The molecule has 0 aliphatic heterocycles. The highest BCUT2D eigenvalue weighted by atomic mass is 14.4. The summed E-state index contributed by atoms with van der Waals surface area (Å²) in [6.45, 7) is 4.51. The van der Waals surface area contributed by atoms with E-state index in [1.54, 1.807) is 0 Å². The Hall–Kier alpha value is -0.510. The van der Waals surface area contributed by atoms with Crippen LogP contribution >= 0.6 is 0 Å². The van der Waals surface area contributed by atoms with Gasteiger partial charge in [0.1, 0.15) is 0 Å². The summed E-state index contributed by atoms with van der Waals surface area (Å²) >= 11 is 0. The van der Waals surface area contributed by atoms with E-state index in [9.17, 15) is 5.26 Å². The van der Waals surface area contributed by atoms with Crippen molar-refractivity contribution >= 4 is 0 Å². The lowest BCUT2D eigenvalue weighted by molar-refractivity contribution is 0.119. The zero-order valence-corrected chi connectivity index (χ0v) is 13.0. The lowest BCUT2D eigenvalue weighted by Gasteiger charge is -2.40. The highest BCUT2D eigenvalue weighted by molar-refractivity contribution is 5.01. The van der Waals surface area contributed by atoms with Gasteiger partial charge in [-0.1, -0.05) is 39.5 Å². The summed E-state index contributed by atoms with van der Waals surface area (Å²) in [6, 6.07) is 2.61. The third kappa shape index (κ3) is 3.53. The van der Waals surface area contributed by atoms with Crippen LogP contribution in [0.5, 0.6) is 0 Å². The smallest absolute Gasteiger partial charge is 0.0689 e. The number of rotatable bonds is 4. The van der Waals surface area contributed by atoms with Crippen molar-refractivity contribution in [1.29, 1.82) is 5.26 Å². The zero-order chi connectivity index (χ0) is 13.7. The Balaban J connectivity index is 1.78. The molecule has 0 aromatic rings. The molecule has 19 heavy (non-hydrogen) atoms. The largest absolute Gasteiger partial charge is 0.198 e. The number of hydrogen-bond donors (Lipinski definition) is 0. The second-order valence-corrected chi connectivity index (χ2v) is 7.15. The summed E-state index contributed by atoms with van der Waals surface area (Å²) in [5.74, 6) is 2.95. The van der Waals surface area contributed by atoms with Crippen molar-refractivity contribution in [3.63, 3.8) is 0 Å². The lowest BCUT2D eigenvalue weighted by atomic mass is 9.64. The number of nitriles is 1. The summed E-state index contributed by atoms with van der Waals surface area (Å²) in [5, 5.41) is 9.38. The van der Waals surface area contributed by atoms with Gasteiger partial charge in [0.05, 0.1) is 11.5 Å². The van der Waals surface area contributed by atoms with Crippen molar-refractivity contribution in [1.82, 2.24) is 0 Å². The first-order chi connectivity index (χ1) is 9.23. The summed E-state index contributed by atoms with van der Waals surface area (Å²) in [5.41, 5.74) is 0.0376. The van der Waals surface area contributed by atoms with Gasteiger partial charge < -0.3 is 0 Å². The van der Waals surface area contributed by atoms with Gasteiger partial charge in [-0.15, -0.1) is 0 Å². The van der Waals surface area contributed by atoms with E-state index in [-0.39, 0.29) is 5.41 Å². The number of nitrogens with zero attached hydrogens (tertiary/aromatic N) is 1. The van der Waals surface area contributed by atoms with Crippen LogP contribution in [-0.4, -0.2) is 0 Å². The molecular weight excluding hydrogens is 230 g/mol. The van der Waals surface area contributed by atoms with Gasteiger partial charge in [-0.2, -0.15) is 5.26 Å². The van der Waals surface area contributed by atoms with Gasteiger partial charge >= 0.3 is 0 Å². The van der Waals surface area contributed by atoms with Gasteiger partial charge in [-0.25, -0.2) is 0 Å². The van der Waals surface area contributed by atoms with Gasteiger partial charge in [-0.3, -0.25) is 0 Å². The molecule has 108 valence electrons. The Labute approximate surface area is 119 Å². The lowest BCUT2D eigenvalue weighted by Crippen LogP contribution is -2.30. The molecule has 2 aliphatic rings. The first kappa shape index (κ1) is 14.9. The molecule has 0 N–H and O–H groups in total. The van der Waals surface area contributed by atoms with Crippen LogP contribution in [0.1, 0.15) is 84.5 Å². The van der Waals surface area contributed by atoms with Gasteiger partial charge in [0.15, 0.2) is 0 Å². The van der Waals surface area contributed by atoms with Crippen molar-refractivity contribution < 1.29 is 0 Å². The van der Waals surface area contributed by atoms with Crippen LogP contribution in [-0.2, 0) is 0 Å². The highest BCUT2D eigenvalue weighted by Gasteiger charge is 2.37. The molecule has 2 saturated carbocycles. The van der Waals surface area contributed by atoms with Crippen LogP contribution in [0.2, 0.25) is 0 Å². The average Bonchev–Trinajstić information content (AvgIpc) is 2.49. The van der Waals surface area contributed by atoms with E-state index in [4.69, 9.17) is 0 Å². The second-order valence-electron chi connectivity index (χ2n) is 7.15. The van der Waals surface area contributed by atoms with Gasteiger partial charge in [0.25, 0.3) is 0 Å². The Morgan fingerprint density at radius 1 is 0.947 bits per heavy atom. The van der Waals surface area contributed by atoms with E-state index in [2.05, 4.69) is 19.9 Å². The first-order valence-corrected chi connectivity index (χ1v) is 8.64. The molecule has 2 aliphatic carbocycles. The monoisotopic (exact) mass is 261 g/mol. The molecule has 2 fully saturated rings. The van der Waals surface area contributed by atoms with E-state index in [0.717, 1.165) is 24.2 Å². The van der Waals surface area contributed by atoms with E-state index < -0.39 is 0 Å². The Morgan fingerprint density at radius 3 is 2.00 bits per heavy atom. The van der Waals surface area contributed by atoms with Crippen molar-refractivity contribution in [2.45, 2.75) is 84.5 Å². The maximum atomic E-state index is 9.38. The average molecular weight is 261 g/mol. The second kappa shape index (κ2) is 6.78. The zero-order valence-electron chi connectivity index (χ0n) is 13.0. The quantitative estimate of drug-likeness (QED) is 0.636. The molecule has 1 heteroatoms. The van der Waals surface area contributed by atoms with Crippen molar-refractivity contribution in [2.75, 3.05) is 0 Å². The third-order valence-electron chi connectivity index (χ3n) is 6.16. The van der Waals surface area contributed by atoms with Crippen LogP contribution in [0.4, 0.5) is 0 Å². The Kier molecular flexibility index (Phi) is 5.31. The highest BCUT2D eigenvalue weighted by Crippen LogP contribution is 2.47. The van der Waals surface area contributed by atoms with Crippen molar-refractivity contribution in [3.05, 3.63) is 0 Å². The molecule has 0 heterocycles. The minimum absolute atomic E-state index is 0.0376. The van der Waals surface area contributed by atoms with E-state index in [1.807, 2.05) is 0 Å². The first-order valence-electron chi connectivity index (χ1n) is 8.64. The molecule has 0 saturated heterocycles. The molecule has 0 amide bonds. The van der Waals surface area contributed by atoms with Crippen LogP contribution in [0.25, 0.3) is 0 Å². The normalized spacial score (nSPS) is 39.7. The maximum absolute atomic E-state index is 9.38. The molecule has 2 rings (SSSR count). The molecule has 0 unspecified atom stereocenters. The number of hydrogen-bond acceptors (Lipinski definition) is 1. The molecule has 0 radical (unpaired) electrons. The third-order valence-corrected chi connectivity index (χ3v) is 6.16. The van der Waals surface area contributed by atoms with E-state index >= 15 is 0 Å². The Morgan fingerprint density at radius 2 is 1.53 bits per heavy atom. The van der Waals surface area contributed by atoms with Crippen LogP contribution < -0.4 is 0 Å². The van der Waals surface area contributed by atoms with Crippen LogP contribution in [0.15, 0.2) is 0 Å². The summed E-state index contributed by atoms with van der Waals surface area (Å²) in [6.07, 6.45) is 14.7. The van der Waals surface area contributed by atoms with Crippen LogP contribution in [0.3, 0.4) is 0 Å². The predicted molar refractivity (Wildman–Crippen MR) is 80.7 cm³/mol. The van der Waals surface area contributed by atoms with Crippen LogP contribution in [0, 0.1) is 34.5 Å². The van der Waals surface area contributed by atoms with Gasteiger partial charge in [0, 0.05) is 0 Å². The molecule has 0 bridgehead atoms. The van der Waals surface area contributed by atoms with Crippen molar-refractivity contribution in [3.8, 4) is 6.07 Å². The van der Waals surface area contributed by atoms with Gasteiger partial charge in [0.2, 0.25) is 0 Å². The summed E-state index contributed by atoms with van der Waals surface area (Å²) in [7, 11) is 0. The standard InChI is InChI=1S/C18H31N/c1-3-5-15-6-8-16(9-7-15)17-10-12-18(4-2,14-19)13-11-17/h15-17H,3-13H2,1-2H3/t15?,16?,17-,18+. The fourth-order valence-electron chi connectivity index (χ4n) is 4.57. The minimum Gasteiger partial charge on any atom is -0.198 e. The fraction of sp³-hybridized carbons (Fsp3) is 0.944. The van der Waals surface area contributed by atoms with Gasteiger partial charge in [-0.05, 0) is 62.7 Å². The van der Waals surface area contributed by atoms with E-state index in [0.29, 0.717) is 0 Å². The topological polar surface area (TPSA) is 23.8 Å². The molecule has 0 spiro atoms. The summed E-state index contributed by atoms with van der Waals surface area (Å²) in [4.78, 5) is 0. The molecule has 1 nitrogen and oxygen atoms in total. The summed E-state index contributed by atoms with van der Waals surface area (Å²) < 4.78 is 0. The van der Waals surface area contributed by atoms with Crippen molar-refractivity contribution in [2.24, 2.45) is 23.2 Å². The molecule has 0 aromatic heterocycles. The maximum Gasteiger partial charge on any atom is 0.0689 e. The van der Waals surface area contributed by atoms with E-state index in [1.165, 1.54) is 64.2 Å². The predicted octanol–water partition coefficient (Wildman–Crippen LogP) is 5.70. The Bertz CT molecular complexity index is 298. The SMILES string of the molecule is CCCC1CCC([C@H]2CC[C@](C#N)(CC)CC2)CC1. The minimum atomic E-state index is 0.0376. The molecule has 0 aromatic carbocycles. The molecular formula is C18H31N.